The largest absolute Gasteiger partial charge is 0.533 e. The first kappa shape index (κ1) is 79.6. The van der Waals surface area contributed by atoms with Gasteiger partial charge < -0.3 is 17.7 Å². The number of pyridine rings is 5. The van der Waals surface area contributed by atoms with Gasteiger partial charge in [0.15, 0.2) is 50.2 Å². The Morgan fingerprint density at radius 1 is 0.270 bits per heavy atom. The minimum Gasteiger partial charge on any atom is -0.533 e. The number of hydrogen-bond acceptors (Lipinski definition) is 4. The van der Waals surface area contributed by atoms with Gasteiger partial charge in [-0.1, -0.05) is 288 Å². The summed E-state index contributed by atoms with van der Waals surface area (Å²) in [6.45, 7) is 29.9. The van der Waals surface area contributed by atoms with Gasteiger partial charge in [-0.15, -0.1) is 0 Å². The molecule has 0 bridgehead atoms. The summed E-state index contributed by atoms with van der Waals surface area (Å²) in [7, 11) is -9.47. The van der Waals surface area contributed by atoms with Crippen LogP contribution in [0.4, 0.5) is 0 Å². The molecule has 0 radical (unpaired) electrons. The number of rotatable bonds is 5. The molecule has 18 heteroatoms. The van der Waals surface area contributed by atoms with Crippen LogP contribution >= 0.6 is 0 Å². The molecule has 10 aliphatic heterocycles. The molecule has 20 heterocycles. The van der Waals surface area contributed by atoms with E-state index in [0.29, 0.717) is 5.92 Å². The number of imidazole rings is 5. The third-order valence-electron chi connectivity index (χ3n) is 32.8. The molecule has 34 rings (SSSR count). The molecule has 0 amide bonds. The average Bonchev–Trinajstić information content (AvgIpc) is 1.61. The Bertz CT molecular complexity index is 9630. The maximum atomic E-state index is 7.36. The van der Waals surface area contributed by atoms with Crippen molar-refractivity contribution in [3.63, 3.8) is 0 Å². The van der Waals surface area contributed by atoms with Crippen molar-refractivity contribution in [2.24, 2.45) is 0 Å². The van der Waals surface area contributed by atoms with Gasteiger partial charge in [0, 0.05) is 139 Å². The fourth-order valence-corrected chi connectivity index (χ4v) is 40.0. The monoisotopic (exact) mass is 1850 g/mol. The predicted octanol–water partition coefficient (Wildman–Crippen LogP) is 18.2. The van der Waals surface area contributed by atoms with Crippen LogP contribution < -0.4 is 81.5 Å². The Morgan fingerprint density at radius 3 is 1.08 bits per heavy atom. The van der Waals surface area contributed by atoms with E-state index in [-0.39, 0.29) is 7.43 Å². The van der Waals surface area contributed by atoms with Gasteiger partial charge in [0.1, 0.15) is 66.4 Å². The zero-order valence-electron chi connectivity index (χ0n) is 77.9. The summed E-state index contributed by atoms with van der Waals surface area (Å²) < 4.78 is 52.7. The molecule has 10 aliphatic rings. The van der Waals surface area contributed by atoms with Crippen molar-refractivity contribution < 1.29 is 39.7 Å². The number of hydrogen-bond donors (Lipinski definition) is 0. The van der Waals surface area contributed by atoms with Crippen molar-refractivity contribution in [3.05, 3.63) is 370 Å². The van der Waals surface area contributed by atoms with Crippen LogP contribution in [0, 0.1) is 34.6 Å². The topological polar surface area (TPSA) is 82.1 Å². The normalized spacial score (nSPS) is 15.7. The SMILES string of the molecule is C.Cc1c2[n+]3c4c(cc(C(C)C)cc4c4cccc5c4c3n1C5)CC2.Cc1c2[n+]3c4c(cccc4c4cccc5c4c3n1C5)O[Si]2(C)C.Cc1c2[n+]3c4c(cccc4c4cccc5c4c3n1C5)O[Si]2(c1ccccc1)c1ccccc1.Cc1c2[n+]3c4c(cccc4c4cccc5c4c3n1C5)[Si](C)(C)O2.Cc1c2[n+]3c4c(cccc4c4cccc5c4c3n1C5)[Si](c1ccccc1)(c1ccccc1)O2. The minimum absolute atomic E-state index is 0. The fraction of sp³-hybridized carbons (Fsp3) is 0.168. The number of aryl methyl sites for hydroxylation is 2. The summed E-state index contributed by atoms with van der Waals surface area (Å²) in [6.07, 6.45) is 2.33. The lowest BCUT2D eigenvalue weighted by Crippen LogP contribution is -2.78. The number of nitrogens with zero attached hydrogens (tertiary/aromatic N) is 10. The first-order valence-corrected chi connectivity index (χ1v) is 58.1. The van der Waals surface area contributed by atoms with Gasteiger partial charge in [-0.3, -0.25) is 0 Å². The van der Waals surface area contributed by atoms with Gasteiger partial charge >= 0.3 is 36.7 Å². The van der Waals surface area contributed by atoms with E-state index in [4.69, 9.17) is 17.7 Å². The van der Waals surface area contributed by atoms with Crippen molar-refractivity contribution in [1.82, 2.24) is 22.8 Å². The summed E-state index contributed by atoms with van der Waals surface area (Å²) in [5.41, 5.74) is 31.6. The quantitative estimate of drug-likeness (QED) is 0.0977. The van der Waals surface area contributed by atoms with Gasteiger partial charge in [-0.05, 0) is 95.2 Å². The molecule has 0 spiro atoms. The second-order valence-corrected chi connectivity index (χ2v) is 54.7. The number of aromatic nitrogens is 10. The molecule has 0 N–H and O–H groups in total. The van der Waals surface area contributed by atoms with E-state index in [9.17, 15) is 0 Å². The summed E-state index contributed by atoms with van der Waals surface area (Å²) in [4.78, 5) is 0. The van der Waals surface area contributed by atoms with Crippen LogP contribution in [0.1, 0.15) is 100 Å². The van der Waals surface area contributed by atoms with Gasteiger partial charge in [-0.2, -0.15) is 22.0 Å². The maximum Gasteiger partial charge on any atom is 0.393 e. The van der Waals surface area contributed by atoms with Crippen molar-refractivity contribution in [1.29, 1.82) is 0 Å². The Labute approximate surface area is 795 Å². The molecular formula is C119H101N10O4Si4+5. The molecule has 14 aromatic carbocycles. The first-order valence-electron chi connectivity index (χ1n) is 48.5. The molecule has 0 unspecified atom stereocenters. The van der Waals surface area contributed by atoms with Crippen molar-refractivity contribution >= 4 is 212 Å². The number of para-hydroxylation sites is 4. The minimum atomic E-state index is -2.80. The van der Waals surface area contributed by atoms with Crippen LogP contribution in [0.5, 0.6) is 23.3 Å². The summed E-state index contributed by atoms with van der Waals surface area (Å²) >= 11 is 0. The van der Waals surface area contributed by atoms with E-state index in [1.165, 1.54) is 258 Å². The molecule has 0 saturated heterocycles. The summed E-state index contributed by atoms with van der Waals surface area (Å²) in [6, 6.07) is 109. The van der Waals surface area contributed by atoms with Crippen molar-refractivity contribution in [3.8, 4) is 23.3 Å². The van der Waals surface area contributed by atoms with Crippen LogP contribution in [-0.4, -0.2) is 56.1 Å². The average molecular weight is 1850 g/mol. The van der Waals surface area contributed by atoms with Gasteiger partial charge in [0.05, 0.1) is 26.9 Å². The smallest absolute Gasteiger partial charge is 0.393 e. The standard InChI is InChI=1S/2C29H21N2OSi.C22H21N2.2C19H17N2OSi.CH4/c1-19-29-31-27-24(23-15-8-10-20-18-30(19)28(31)26(20)23)16-9-17-25(27)33(32-29,21-11-4-2-5-12-21)22-13-6-3-7-14-22;1-19-29-31-27-24(23-15-8-10-20-18-30(19)28(31)26(20)23)16-9-17-25(27)32-33(29,21-11-4-2-5-12-21)22-13-6-3-7-14-22;1-12(2)16-9-14-7-8-19-13(3)23-11-15-5-4-6-17-18(10-16)21(14)24(19)22(23)20(15)17;1-11-19-21-17-14(8-5-9-15(17)23(2,3)22-19)13-7-4-6-12-10-20(11)18(21)16(12)13;1-11-19-21-17-14(8-5-9-15(17)22-23(19,2)3)13-7-4-6-12-10-20(11)18(21)16(12)13;/h2*2-17H,18H2,1H3;4-6,9-10,12H,7-8,11H2,1-3H3;2*4-9H,10H2,1-3H3;1H4/q5*+1;. The summed E-state index contributed by atoms with van der Waals surface area (Å²) in [5, 5.41) is 31.2. The molecular weight excluding hydrogens is 1750 g/mol. The van der Waals surface area contributed by atoms with Crippen LogP contribution in [-0.2, 0) is 45.6 Å². The van der Waals surface area contributed by atoms with E-state index in [2.05, 4.69) is 417 Å². The fourth-order valence-electron chi connectivity index (χ4n) is 27.0. The van der Waals surface area contributed by atoms with Crippen LogP contribution in [0.25, 0.3) is 137 Å². The highest BCUT2D eigenvalue weighted by Crippen LogP contribution is 2.47. The van der Waals surface area contributed by atoms with E-state index in [1.807, 2.05) is 0 Å². The molecule has 662 valence electrons. The third-order valence-corrected chi connectivity index (χ3v) is 45.6. The van der Waals surface area contributed by atoms with E-state index >= 15 is 0 Å². The highest BCUT2D eigenvalue weighted by atomic mass is 28.4. The number of benzene rings is 14. The predicted molar refractivity (Wildman–Crippen MR) is 562 cm³/mol. The molecule has 0 aliphatic carbocycles. The number of fused-ring (bicyclic) bond motifs is 5. The molecule has 0 fully saturated rings. The van der Waals surface area contributed by atoms with Crippen LogP contribution in [0.3, 0.4) is 0 Å². The molecule has 24 aromatic rings. The Morgan fingerprint density at radius 2 is 0.620 bits per heavy atom. The lowest BCUT2D eigenvalue weighted by atomic mass is 9.90. The zero-order chi connectivity index (χ0) is 90.6. The molecule has 0 atom stereocenters. The molecule has 10 aromatic heterocycles. The Hall–Kier alpha value is -14.8. The highest BCUT2D eigenvalue weighted by Gasteiger charge is 2.58. The lowest BCUT2D eigenvalue weighted by Gasteiger charge is -2.34. The molecule has 0 saturated carbocycles. The summed E-state index contributed by atoms with van der Waals surface area (Å²) in [5.74, 6) is 4.68. The van der Waals surface area contributed by atoms with Gasteiger partial charge in [0.25, 0.3) is 36.6 Å². The van der Waals surface area contributed by atoms with E-state index < -0.39 is 33.3 Å². The first-order chi connectivity index (χ1) is 66.4. The van der Waals surface area contributed by atoms with Gasteiger partial charge in [0.2, 0.25) is 0 Å². The van der Waals surface area contributed by atoms with Gasteiger partial charge in [-0.25, -0.2) is 22.8 Å². The van der Waals surface area contributed by atoms with Crippen molar-refractivity contribution in [2.45, 2.75) is 134 Å². The van der Waals surface area contributed by atoms with E-state index in [1.54, 1.807) is 0 Å². The Balaban J connectivity index is 0.0000000834. The third kappa shape index (κ3) is 9.94. The van der Waals surface area contributed by atoms with E-state index in [0.717, 1.165) is 62.4 Å². The molecule has 137 heavy (non-hydrogen) atoms. The highest BCUT2D eigenvalue weighted by molar-refractivity contribution is 7.09. The van der Waals surface area contributed by atoms with Crippen molar-refractivity contribution in [2.75, 3.05) is 0 Å². The lowest BCUT2D eigenvalue weighted by molar-refractivity contribution is -0.492. The Kier molecular flexibility index (Phi) is 16.0. The van der Waals surface area contributed by atoms with Crippen LogP contribution in [0.15, 0.2) is 297 Å². The zero-order valence-corrected chi connectivity index (χ0v) is 81.9. The second-order valence-electron chi connectivity index (χ2n) is 40.8. The molecule has 14 nitrogen and oxygen atoms in total. The van der Waals surface area contributed by atoms with Crippen LogP contribution in [0.2, 0.25) is 26.2 Å². The second kappa shape index (κ2) is 27.5. The maximum absolute atomic E-state index is 7.36.